The van der Waals surface area contributed by atoms with E-state index in [2.05, 4.69) is 27.5 Å². The van der Waals surface area contributed by atoms with Crippen molar-refractivity contribution in [3.05, 3.63) is 42.2 Å². The van der Waals surface area contributed by atoms with Gasteiger partial charge in [0.2, 0.25) is 5.91 Å². The van der Waals surface area contributed by atoms with E-state index < -0.39 is 0 Å². The molecule has 2 fully saturated rings. The Morgan fingerprint density at radius 1 is 1.20 bits per heavy atom. The normalized spacial score (nSPS) is 20.4. The number of hydrogen-bond donors (Lipinski definition) is 1. The average Bonchev–Trinajstić information content (AvgIpc) is 3.09. The Kier molecular flexibility index (Phi) is 4.53. The molecule has 0 bridgehead atoms. The van der Waals surface area contributed by atoms with Gasteiger partial charge in [0.25, 0.3) is 0 Å². The summed E-state index contributed by atoms with van der Waals surface area (Å²) in [6, 6.07) is 8.17. The van der Waals surface area contributed by atoms with Crippen molar-refractivity contribution in [1.82, 2.24) is 25.2 Å². The summed E-state index contributed by atoms with van der Waals surface area (Å²) < 4.78 is 1.73. The van der Waals surface area contributed by atoms with E-state index in [4.69, 9.17) is 0 Å². The van der Waals surface area contributed by atoms with Crippen molar-refractivity contribution in [2.45, 2.75) is 44.7 Å². The van der Waals surface area contributed by atoms with Crippen molar-refractivity contribution in [3.63, 3.8) is 0 Å². The molecule has 1 aliphatic carbocycles. The van der Waals surface area contributed by atoms with E-state index in [1.54, 1.807) is 10.9 Å². The molecule has 0 spiro atoms. The van der Waals surface area contributed by atoms with Crippen molar-refractivity contribution in [1.29, 1.82) is 0 Å². The zero-order valence-electron chi connectivity index (χ0n) is 14.6. The molecule has 1 saturated heterocycles. The summed E-state index contributed by atoms with van der Waals surface area (Å²) in [5.74, 6) is 0.747. The number of aromatic nitrogens is 3. The van der Waals surface area contributed by atoms with Gasteiger partial charge in [-0.15, -0.1) is 5.10 Å². The van der Waals surface area contributed by atoms with Crippen LogP contribution in [-0.2, 0) is 4.79 Å². The number of nitrogens with zero attached hydrogens (tertiary/aromatic N) is 4. The third-order valence-corrected chi connectivity index (χ3v) is 5.31. The van der Waals surface area contributed by atoms with Crippen LogP contribution in [0.2, 0.25) is 0 Å². The minimum absolute atomic E-state index is 0.00106. The molecule has 4 rings (SSSR count). The first-order valence-electron chi connectivity index (χ1n) is 9.23. The van der Waals surface area contributed by atoms with E-state index in [9.17, 15) is 4.79 Å². The maximum Gasteiger partial charge on any atom is 0.238 e. The van der Waals surface area contributed by atoms with Gasteiger partial charge in [-0.1, -0.05) is 17.3 Å². The largest absolute Gasteiger partial charge is 0.348 e. The monoisotopic (exact) mass is 339 g/mol. The van der Waals surface area contributed by atoms with E-state index in [1.807, 2.05) is 30.5 Å². The average molecular weight is 339 g/mol. The van der Waals surface area contributed by atoms with Crippen molar-refractivity contribution < 1.29 is 4.79 Å². The summed E-state index contributed by atoms with van der Waals surface area (Å²) >= 11 is 0. The van der Waals surface area contributed by atoms with Crippen LogP contribution in [0, 0.1) is 5.92 Å². The number of rotatable bonds is 6. The van der Waals surface area contributed by atoms with Gasteiger partial charge in [-0.3, -0.25) is 9.69 Å². The highest BCUT2D eigenvalue weighted by atomic mass is 16.2. The second-order valence-electron chi connectivity index (χ2n) is 7.19. The number of carbonyl (C=O) groups is 1. The van der Waals surface area contributed by atoms with Crippen molar-refractivity contribution in [3.8, 4) is 5.69 Å². The molecule has 1 N–H and O–H groups in total. The lowest BCUT2D eigenvalue weighted by Gasteiger charge is -2.28. The molecule has 1 aliphatic heterocycles. The van der Waals surface area contributed by atoms with Gasteiger partial charge in [0, 0.05) is 0 Å². The molecule has 2 aliphatic rings. The number of hydrogen-bond acceptors (Lipinski definition) is 4. The van der Waals surface area contributed by atoms with Crippen LogP contribution in [0.3, 0.4) is 0 Å². The molecule has 2 aromatic rings. The Morgan fingerprint density at radius 3 is 2.52 bits per heavy atom. The van der Waals surface area contributed by atoms with Gasteiger partial charge in [-0.25, -0.2) is 4.68 Å². The van der Waals surface area contributed by atoms with E-state index >= 15 is 0 Å². The van der Waals surface area contributed by atoms with Gasteiger partial charge >= 0.3 is 0 Å². The zero-order chi connectivity index (χ0) is 17.2. The topological polar surface area (TPSA) is 63.1 Å². The molecule has 25 heavy (non-hydrogen) atoms. The number of benzene rings is 1. The van der Waals surface area contributed by atoms with E-state index in [0.29, 0.717) is 5.92 Å². The maximum absolute atomic E-state index is 12.9. The van der Waals surface area contributed by atoms with Crippen LogP contribution >= 0.6 is 0 Å². The molecular formula is C19H25N5O. The van der Waals surface area contributed by atoms with Crippen molar-refractivity contribution >= 4 is 5.91 Å². The van der Waals surface area contributed by atoms with Gasteiger partial charge in [-0.05, 0) is 69.3 Å². The fraction of sp³-hybridized carbons (Fsp3) is 0.526. The first-order valence-corrected chi connectivity index (χ1v) is 9.23. The van der Waals surface area contributed by atoms with Crippen molar-refractivity contribution in [2.24, 2.45) is 5.92 Å². The predicted octanol–water partition coefficient (Wildman–Crippen LogP) is 2.32. The second-order valence-corrected chi connectivity index (χ2v) is 7.19. The molecule has 1 saturated carbocycles. The Labute approximate surface area is 148 Å². The molecule has 6 nitrogen and oxygen atoms in total. The smallest absolute Gasteiger partial charge is 0.238 e. The first-order chi connectivity index (χ1) is 12.2. The van der Waals surface area contributed by atoms with E-state index in [-0.39, 0.29) is 18.0 Å². The van der Waals surface area contributed by atoms with Crippen LogP contribution in [-0.4, -0.2) is 44.9 Å². The Balaban J connectivity index is 1.42. The third-order valence-electron chi connectivity index (χ3n) is 5.31. The summed E-state index contributed by atoms with van der Waals surface area (Å²) in [6.45, 7) is 4.18. The lowest BCUT2D eigenvalue weighted by Crippen LogP contribution is -2.47. The van der Waals surface area contributed by atoms with Gasteiger partial charge < -0.3 is 5.32 Å². The highest BCUT2D eigenvalue weighted by Crippen LogP contribution is 2.37. The summed E-state index contributed by atoms with van der Waals surface area (Å²) in [7, 11) is 0. The fourth-order valence-electron chi connectivity index (χ4n) is 3.75. The molecule has 2 atom stereocenters. The van der Waals surface area contributed by atoms with Gasteiger partial charge in [0.15, 0.2) is 0 Å². The highest BCUT2D eigenvalue weighted by Gasteiger charge is 2.41. The summed E-state index contributed by atoms with van der Waals surface area (Å²) in [5.41, 5.74) is 2.07. The molecule has 0 radical (unpaired) electrons. The molecule has 1 aromatic carbocycles. The fourth-order valence-corrected chi connectivity index (χ4v) is 3.75. The molecular weight excluding hydrogens is 314 g/mol. The van der Waals surface area contributed by atoms with Crippen LogP contribution in [0.5, 0.6) is 0 Å². The maximum atomic E-state index is 12.9. The molecule has 1 amide bonds. The molecule has 1 aromatic heterocycles. The lowest BCUT2D eigenvalue weighted by atomic mass is 10.1. The molecule has 2 unspecified atom stereocenters. The third kappa shape index (κ3) is 3.58. The summed E-state index contributed by atoms with van der Waals surface area (Å²) in [6.07, 6.45) is 8.29. The second kappa shape index (κ2) is 6.96. The van der Waals surface area contributed by atoms with Gasteiger partial charge in [-0.2, -0.15) is 0 Å². The number of carbonyl (C=O) groups excluding carboxylic acids is 1. The predicted molar refractivity (Wildman–Crippen MR) is 95.2 cm³/mol. The summed E-state index contributed by atoms with van der Waals surface area (Å²) in [4.78, 5) is 15.3. The van der Waals surface area contributed by atoms with Crippen LogP contribution in [0.1, 0.15) is 44.2 Å². The number of nitrogens with one attached hydrogen (secondary N) is 1. The highest BCUT2D eigenvalue weighted by molar-refractivity contribution is 5.83. The number of likely N-dealkylation sites (tertiary alicyclic amines) is 1. The Hall–Kier alpha value is -2.21. The van der Waals surface area contributed by atoms with Crippen LogP contribution < -0.4 is 5.32 Å². The van der Waals surface area contributed by atoms with Crippen LogP contribution in [0.4, 0.5) is 0 Å². The Morgan fingerprint density at radius 2 is 1.92 bits per heavy atom. The lowest BCUT2D eigenvalue weighted by molar-refractivity contribution is -0.127. The molecule has 6 heteroatoms. The van der Waals surface area contributed by atoms with Gasteiger partial charge in [0.05, 0.1) is 30.2 Å². The van der Waals surface area contributed by atoms with Crippen LogP contribution in [0.15, 0.2) is 36.7 Å². The number of amides is 1. The molecule has 132 valence electrons. The minimum Gasteiger partial charge on any atom is -0.348 e. The van der Waals surface area contributed by atoms with Crippen LogP contribution in [0.25, 0.3) is 5.69 Å². The van der Waals surface area contributed by atoms with Gasteiger partial charge in [0.1, 0.15) is 0 Å². The molecule has 2 heterocycles. The zero-order valence-corrected chi connectivity index (χ0v) is 14.6. The first kappa shape index (κ1) is 16.3. The van der Waals surface area contributed by atoms with E-state index in [1.165, 1.54) is 25.7 Å². The SMILES string of the molecule is CC(NC(=O)C(C1CC1)N1CCCC1)c1ccc(-n2ccnn2)cc1. The van der Waals surface area contributed by atoms with Crippen molar-refractivity contribution in [2.75, 3.05) is 13.1 Å². The summed E-state index contributed by atoms with van der Waals surface area (Å²) in [5, 5.41) is 11.1. The quantitative estimate of drug-likeness (QED) is 0.877. The minimum atomic E-state index is 0.00106. The van der Waals surface area contributed by atoms with E-state index in [0.717, 1.165) is 24.3 Å². The Bertz CT molecular complexity index is 702. The standard InChI is InChI=1S/C19H25N5O/c1-14(15-6-8-17(9-7-15)24-13-10-20-22-24)21-19(25)18(16-4-5-16)23-11-2-3-12-23/h6-10,13-14,16,18H,2-5,11-12H2,1H3,(H,21,25).